The second kappa shape index (κ2) is 4.53. The van der Waals surface area contributed by atoms with E-state index in [0.717, 1.165) is 29.7 Å². The highest BCUT2D eigenvalue weighted by Gasteiger charge is 2.27. The predicted octanol–water partition coefficient (Wildman–Crippen LogP) is 3.14. The van der Waals surface area contributed by atoms with E-state index >= 15 is 0 Å². The number of pyridine rings is 1. The molecule has 1 fully saturated rings. The Kier molecular flexibility index (Phi) is 2.85. The van der Waals surface area contributed by atoms with Crippen molar-refractivity contribution in [2.24, 2.45) is 5.92 Å². The molecule has 0 aliphatic heterocycles. The molecule has 0 atom stereocenters. The minimum absolute atomic E-state index is 0.248. The molecule has 4 heteroatoms. The van der Waals surface area contributed by atoms with Crippen LogP contribution in [0, 0.1) is 5.92 Å². The molecule has 1 saturated carbocycles. The molecule has 1 aliphatic carbocycles. The first kappa shape index (κ1) is 12.0. The molecule has 0 unspecified atom stereocenters. The number of carboxylic acids is 1. The van der Waals surface area contributed by atoms with E-state index in [1.165, 1.54) is 6.20 Å². The zero-order valence-corrected chi connectivity index (χ0v) is 10.8. The maximum absolute atomic E-state index is 11.3. The molecule has 0 bridgehead atoms. The molecule has 0 radical (unpaired) electrons. The summed E-state index contributed by atoms with van der Waals surface area (Å²) in [5, 5.41) is 13.6. The third-order valence-electron chi connectivity index (χ3n) is 3.73. The molecule has 1 aliphatic rings. The van der Waals surface area contributed by atoms with Gasteiger partial charge in [-0.2, -0.15) is 0 Å². The first-order valence-electron chi connectivity index (χ1n) is 6.52. The average molecular weight is 256 g/mol. The monoisotopic (exact) mass is 256 g/mol. The SMILES string of the molecule is CC1CC(Nc2c(C(=O)O)cnc3ccccc23)C1. The fraction of sp³-hybridized carbons (Fsp3) is 0.333. The normalized spacial score (nSPS) is 21.9. The van der Waals surface area contributed by atoms with E-state index in [1.807, 2.05) is 24.3 Å². The molecule has 4 nitrogen and oxygen atoms in total. The standard InChI is InChI=1S/C15H16N2O2/c1-9-6-10(7-9)17-14-11-4-2-3-5-13(11)16-8-12(14)15(18)19/h2-5,8-10H,6-7H2,1H3,(H,16,17)(H,18,19). The number of benzene rings is 1. The molecule has 2 aromatic rings. The minimum atomic E-state index is -0.937. The summed E-state index contributed by atoms with van der Waals surface area (Å²) in [5.41, 5.74) is 1.77. The summed E-state index contributed by atoms with van der Waals surface area (Å²) in [5.74, 6) is -0.216. The van der Waals surface area contributed by atoms with Gasteiger partial charge in [-0.3, -0.25) is 4.98 Å². The number of hydrogen-bond donors (Lipinski definition) is 2. The summed E-state index contributed by atoms with van der Waals surface area (Å²) >= 11 is 0. The van der Waals surface area contributed by atoms with Gasteiger partial charge >= 0.3 is 5.97 Å². The fourth-order valence-electron chi connectivity index (χ4n) is 2.68. The molecule has 19 heavy (non-hydrogen) atoms. The summed E-state index contributed by atoms with van der Waals surface area (Å²) < 4.78 is 0. The van der Waals surface area contributed by atoms with Gasteiger partial charge in [0, 0.05) is 17.6 Å². The Hall–Kier alpha value is -2.10. The summed E-state index contributed by atoms with van der Waals surface area (Å²) in [7, 11) is 0. The van der Waals surface area contributed by atoms with Gasteiger partial charge in [0.1, 0.15) is 5.56 Å². The van der Waals surface area contributed by atoms with Gasteiger partial charge < -0.3 is 10.4 Å². The fourth-order valence-corrected chi connectivity index (χ4v) is 2.68. The van der Waals surface area contributed by atoms with Crippen molar-refractivity contribution in [1.82, 2.24) is 4.98 Å². The minimum Gasteiger partial charge on any atom is -0.478 e. The Morgan fingerprint density at radius 3 is 2.79 bits per heavy atom. The Morgan fingerprint density at radius 2 is 2.11 bits per heavy atom. The zero-order valence-electron chi connectivity index (χ0n) is 10.8. The van der Waals surface area contributed by atoms with Crippen LogP contribution in [0.15, 0.2) is 30.5 Å². The molecular weight excluding hydrogens is 240 g/mol. The van der Waals surface area contributed by atoms with Crippen molar-refractivity contribution in [1.29, 1.82) is 0 Å². The smallest absolute Gasteiger partial charge is 0.339 e. The average Bonchev–Trinajstić information content (AvgIpc) is 2.36. The molecule has 1 heterocycles. The lowest BCUT2D eigenvalue weighted by molar-refractivity contribution is 0.0697. The molecule has 0 saturated heterocycles. The van der Waals surface area contributed by atoms with E-state index in [4.69, 9.17) is 0 Å². The van der Waals surface area contributed by atoms with Crippen LogP contribution in [-0.4, -0.2) is 22.1 Å². The Labute approximate surface area is 111 Å². The lowest BCUT2D eigenvalue weighted by atomic mass is 9.81. The molecule has 1 aromatic carbocycles. The van der Waals surface area contributed by atoms with Crippen LogP contribution >= 0.6 is 0 Å². The van der Waals surface area contributed by atoms with Crippen molar-refractivity contribution >= 4 is 22.6 Å². The van der Waals surface area contributed by atoms with Crippen molar-refractivity contribution in [3.05, 3.63) is 36.0 Å². The summed E-state index contributed by atoms with van der Waals surface area (Å²) in [6.45, 7) is 2.21. The number of carbonyl (C=O) groups is 1. The zero-order chi connectivity index (χ0) is 13.4. The van der Waals surface area contributed by atoms with Crippen molar-refractivity contribution in [2.45, 2.75) is 25.8 Å². The number of nitrogens with one attached hydrogen (secondary N) is 1. The first-order valence-corrected chi connectivity index (χ1v) is 6.52. The first-order chi connectivity index (χ1) is 9.15. The van der Waals surface area contributed by atoms with E-state index in [-0.39, 0.29) is 5.56 Å². The second-order valence-corrected chi connectivity index (χ2v) is 5.29. The largest absolute Gasteiger partial charge is 0.478 e. The second-order valence-electron chi connectivity index (χ2n) is 5.29. The lowest BCUT2D eigenvalue weighted by Crippen LogP contribution is -2.34. The Balaban J connectivity index is 2.06. The van der Waals surface area contributed by atoms with E-state index in [2.05, 4.69) is 17.2 Å². The predicted molar refractivity (Wildman–Crippen MR) is 74.5 cm³/mol. The molecule has 3 rings (SSSR count). The van der Waals surface area contributed by atoms with Crippen molar-refractivity contribution in [3.8, 4) is 0 Å². The molecule has 98 valence electrons. The molecule has 0 spiro atoms. The number of fused-ring (bicyclic) bond motifs is 1. The third-order valence-corrected chi connectivity index (χ3v) is 3.73. The van der Waals surface area contributed by atoms with Crippen LogP contribution in [0.25, 0.3) is 10.9 Å². The molecule has 2 N–H and O–H groups in total. The summed E-state index contributed by atoms with van der Waals surface area (Å²) in [6, 6.07) is 8.00. The lowest BCUT2D eigenvalue weighted by Gasteiger charge is -2.34. The van der Waals surface area contributed by atoms with E-state index < -0.39 is 5.97 Å². The van der Waals surface area contributed by atoms with Crippen LogP contribution in [0.2, 0.25) is 0 Å². The maximum Gasteiger partial charge on any atom is 0.339 e. The number of carboxylic acid groups (broad SMARTS) is 1. The number of rotatable bonds is 3. The van der Waals surface area contributed by atoms with Crippen LogP contribution in [0.3, 0.4) is 0 Å². The highest BCUT2D eigenvalue weighted by molar-refractivity contribution is 6.04. The summed E-state index contributed by atoms with van der Waals surface area (Å²) in [4.78, 5) is 15.5. The van der Waals surface area contributed by atoms with Crippen molar-refractivity contribution in [2.75, 3.05) is 5.32 Å². The van der Waals surface area contributed by atoms with Crippen LogP contribution in [-0.2, 0) is 0 Å². The molecule has 0 amide bonds. The van der Waals surface area contributed by atoms with E-state index in [9.17, 15) is 9.90 Å². The number of hydrogen-bond acceptors (Lipinski definition) is 3. The Morgan fingerprint density at radius 1 is 1.37 bits per heavy atom. The van der Waals surface area contributed by atoms with E-state index in [1.54, 1.807) is 0 Å². The van der Waals surface area contributed by atoms with Gasteiger partial charge in [0.2, 0.25) is 0 Å². The van der Waals surface area contributed by atoms with E-state index in [0.29, 0.717) is 11.7 Å². The van der Waals surface area contributed by atoms with Gasteiger partial charge in [-0.15, -0.1) is 0 Å². The molecule has 1 aromatic heterocycles. The van der Waals surface area contributed by atoms with Crippen LogP contribution in [0.5, 0.6) is 0 Å². The van der Waals surface area contributed by atoms with Crippen molar-refractivity contribution in [3.63, 3.8) is 0 Å². The van der Waals surface area contributed by atoms with Gasteiger partial charge in [-0.1, -0.05) is 25.1 Å². The quantitative estimate of drug-likeness (QED) is 0.885. The highest BCUT2D eigenvalue weighted by Crippen LogP contribution is 2.33. The van der Waals surface area contributed by atoms with Crippen LogP contribution in [0.4, 0.5) is 5.69 Å². The number of anilines is 1. The number of aromatic nitrogens is 1. The van der Waals surface area contributed by atoms with Crippen LogP contribution < -0.4 is 5.32 Å². The van der Waals surface area contributed by atoms with Gasteiger partial charge in [0.15, 0.2) is 0 Å². The van der Waals surface area contributed by atoms with Crippen LogP contribution in [0.1, 0.15) is 30.1 Å². The maximum atomic E-state index is 11.3. The van der Waals surface area contributed by atoms with Crippen molar-refractivity contribution < 1.29 is 9.90 Å². The topological polar surface area (TPSA) is 62.2 Å². The van der Waals surface area contributed by atoms with Gasteiger partial charge in [0.25, 0.3) is 0 Å². The number of nitrogens with zero attached hydrogens (tertiary/aromatic N) is 1. The number of aromatic carboxylic acids is 1. The van der Waals surface area contributed by atoms with Gasteiger partial charge in [-0.05, 0) is 24.8 Å². The van der Waals surface area contributed by atoms with Gasteiger partial charge in [-0.25, -0.2) is 4.79 Å². The highest BCUT2D eigenvalue weighted by atomic mass is 16.4. The summed E-state index contributed by atoms with van der Waals surface area (Å²) in [6.07, 6.45) is 3.63. The molecular formula is C15H16N2O2. The van der Waals surface area contributed by atoms with Gasteiger partial charge in [0.05, 0.1) is 11.2 Å². The number of para-hydroxylation sites is 1. The third kappa shape index (κ3) is 2.14. The Bertz CT molecular complexity index is 633.